The first-order valence-electron chi connectivity index (χ1n) is 7.93. The van der Waals surface area contributed by atoms with E-state index in [2.05, 4.69) is 11.1 Å². The molecule has 0 unspecified atom stereocenters. The lowest BCUT2D eigenvalue weighted by molar-refractivity contribution is 0.282. The first-order valence-corrected chi connectivity index (χ1v) is 7.93. The maximum absolute atomic E-state index is 8.67. The van der Waals surface area contributed by atoms with Crippen molar-refractivity contribution in [2.45, 2.75) is 70.6 Å². The average Bonchev–Trinajstić information content (AvgIpc) is 2.46. The molecule has 1 rings (SSSR count). The Hall–Kier alpha value is -0.890. The van der Waals surface area contributed by atoms with Gasteiger partial charge in [0.15, 0.2) is 0 Å². The van der Waals surface area contributed by atoms with Crippen molar-refractivity contribution in [3.05, 3.63) is 30.1 Å². The third-order valence-electron chi connectivity index (χ3n) is 3.60. The molecule has 2 nitrogen and oxygen atoms in total. The smallest absolute Gasteiger partial charge is 0.0431 e. The maximum atomic E-state index is 8.67. The van der Waals surface area contributed by atoms with Crippen LogP contribution < -0.4 is 0 Å². The molecule has 0 radical (unpaired) electrons. The van der Waals surface area contributed by atoms with Gasteiger partial charge in [0.1, 0.15) is 0 Å². The zero-order chi connectivity index (χ0) is 13.6. The Labute approximate surface area is 118 Å². The minimum atomic E-state index is 0.358. The molecule has 0 saturated carbocycles. The Kier molecular flexibility index (Phi) is 10.3. The van der Waals surface area contributed by atoms with Crippen LogP contribution in [-0.4, -0.2) is 16.7 Å². The Morgan fingerprint density at radius 3 is 1.89 bits per heavy atom. The van der Waals surface area contributed by atoms with E-state index in [0.717, 1.165) is 6.42 Å². The number of hydrogen-bond acceptors (Lipinski definition) is 2. The normalized spacial score (nSPS) is 10.8. The monoisotopic (exact) mass is 263 g/mol. The van der Waals surface area contributed by atoms with Gasteiger partial charge in [0.05, 0.1) is 0 Å². The van der Waals surface area contributed by atoms with E-state index < -0.39 is 0 Å². The summed E-state index contributed by atoms with van der Waals surface area (Å²) in [7, 11) is 0. The van der Waals surface area contributed by atoms with Gasteiger partial charge in [-0.15, -0.1) is 0 Å². The zero-order valence-corrected chi connectivity index (χ0v) is 12.2. The summed E-state index contributed by atoms with van der Waals surface area (Å²) in [5.41, 5.74) is 1.37. The fraction of sp³-hybridized carbons (Fsp3) is 0.706. The highest BCUT2D eigenvalue weighted by molar-refractivity contribution is 5.08. The van der Waals surface area contributed by atoms with Crippen LogP contribution in [-0.2, 0) is 6.42 Å². The summed E-state index contributed by atoms with van der Waals surface area (Å²) in [5, 5.41) is 8.67. The van der Waals surface area contributed by atoms with Gasteiger partial charge < -0.3 is 5.11 Å². The second-order valence-electron chi connectivity index (χ2n) is 5.37. The second-order valence-corrected chi connectivity index (χ2v) is 5.37. The molecule has 19 heavy (non-hydrogen) atoms. The molecule has 1 aromatic heterocycles. The number of aliphatic hydroxyl groups excluding tert-OH is 1. The summed E-state index contributed by atoms with van der Waals surface area (Å²) in [6.45, 7) is 0.358. The summed E-state index contributed by atoms with van der Waals surface area (Å²) in [6.07, 6.45) is 17.9. The largest absolute Gasteiger partial charge is 0.396 e. The standard InChI is InChI=1S/C17H29NO/c19-15-10-8-6-4-2-1-3-5-7-9-12-17-13-11-14-18-16-17/h11,13-14,16,19H,1-10,12,15H2. The number of aryl methyl sites for hydroxylation is 1. The number of rotatable bonds is 12. The Balaban J connectivity index is 1.79. The summed E-state index contributed by atoms with van der Waals surface area (Å²) in [4.78, 5) is 4.14. The SMILES string of the molecule is OCCCCCCCCCCCCc1cccnc1. The maximum Gasteiger partial charge on any atom is 0.0431 e. The topological polar surface area (TPSA) is 33.1 Å². The number of aliphatic hydroxyl groups is 1. The molecule has 0 aliphatic heterocycles. The van der Waals surface area contributed by atoms with Crippen molar-refractivity contribution < 1.29 is 5.11 Å². The van der Waals surface area contributed by atoms with Crippen molar-refractivity contribution >= 4 is 0 Å². The predicted octanol–water partition coefficient (Wildman–Crippen LogP) is 4.52. The fourth-order valence-corrected chi connectivity index (χ4v) is 2.40. The quantitative estimate of drug-likeness (QED) is 0.562. The molecule has 0 bridgehead atoms. The molecule has 2 heteroatoms. The van der Waals surface area contributed by atoms with Gasteiger partial charge in [-0.05, 0) is 30.9 Å². The molecule has 0 fully saturated rings. The lowest BCUT2D eigenvalue weighted by Crippen LogP contribution is -1.87. The van der Waals surface area contributed by atoms with Crippen LogP contribution in [0.25, 0.3) is 0 Å². The molecule has 0 aromatic carbocycles. The Morgan fingerprint density at radius 1 is 0.789 bits per heavy atom. The van der Waals surface area contributed by atoms with Crippen LogP contribution in [0.2, 0.25) is 0 Å². The highest BCUT2D eigenvalue weighted by Crippen LogP contribution is 2.11. The van der Waals surface area contributed by atoms with Crippen molar-refractivity contribution in [2.75, 3.05) is 6.61 Å². The second kappa shape index (κ2) is 12.2. The molecule has 1 heterocycles. The number of pyridine rings is 1. The van der Waals surface area contributed by atoms with Crippen molar-refractivity contribution in [1.29, 1.82) is 0 Å². The van der Waals surface area contributed by atoms with Crippen molar-refractivity contribution in [1.82, 2.24) is 4.98 Å². The van der Waals surface area contributed by atoms with E-state index in [1.165, 1.54) is 69.8 Å². The Morgan fingerprint density at radius 2 is 1.37 bits per heavy atom. The summed E-state index contributed by atoms with van der Waals surface area (Å²) < 4.78 is 0. The van der Waals surface area contributed by atoms with Crippen LogP contribution in [0.15, 0.2) is 24.5 Å². The molecule has 1 aromatic rings. The number of nitrogens with zero attached hydrogens (tertiary/aromatic N) is 1. The van der Waals surface area contributed by atoms with E-state index in [1.807, 2.05) is 18.5 Å². The van der Waals surface area contributed by atoms with E-state index in [1.54, 1.807) is 0 Å². The predicted molar refractivity (Wildman–Crippen MR) is 81.2 cm³/mol. The van der Waals surface area contributed by atoms with E-state index in [0.29, 0.717) is 6.61 Å². The minimum Gasteiger partial charge on any atom is -0.396 e. The molecule has 0 spiro atoms. The van der Waals surface area contributed by atoms with Gasteiger partial charge in [0.2, 0.25) is 0 Å². The van der Waals surface area contributed by atoms with Crippen LogP contribution in [0, 0.1) is 0 Å². The van der Waals surface area contributed by atoms with E-state index >= 15 is 0 Å². The summed E-state index contributed by atoms with van der Waals surface area (Å²) in [6, 6.07) is 4.19. The van der Waals surface area contributed by atoms with Crippen LogP contribution in [0.1, 0.15) is 69.8 Å². The Bertz CT molecular complexity index is 287. The van der Waals surface area contributed by atoms with Crippen molar-refractivity contribution in [3.63, 3.8) is 0 Å². The van der Waals surface area contributed by atoms with E-state index in [-0.39, 0.29) is 0 Å². The third kappa shape index (κ3) is 9.66. The van der Waals surface area contributed by atoms with Gasteiger partial charge in [0.25, 0.3) is 0 Å². The van der Waals surface area contributed by atoms with Gasteiger partial charge in [-0.25, -0.2) is 0 Å². The number of unbranched alkanes of at least 4 members (excludes halogenated alkanes) is 9. The number of aromatic nitrogens is 1. The molecule has 0 amide bonds. The fourth-order valence-electron chi connectivity index (χ4n) is 2.40. The molecular formula is C17H29NO. The molecule has 1 N–H and O–H groups in total. The van der Waals surface area contributed by atoms with E-state index in [9.17, 15) is 0 Å². The van der Waals surface area contributed by atoms with Gasteiger partial charge in [-0.2, -0.15) is 0 Å². The summed E-state index contributed by atoms with van der Waals surface area (Å²) >= 11 is 0. The first kappa shape index (κ1) is 16.2. The third-order valence-corrected chi connectivity index (χ3v) is 3.60. The van der Waals surface area contributed by atoms with Crippen molar-refractivity contribution in [2.24, 2.45) is 0 Å². The first-order chi connectivity index (χ1) is 9.43. The minimum absolute atomic E-state index is 0.358. The van der Waals surface area contributed by atoms with Gasteiger partial charge >= 0.3 is 0 Å². The highest BCUT2D eigenvalue weighted by Gasteiger charge is 1.94. The zero-order valence-electron chi connectivity index (χ0n) is 12.2. The highest BCUT2D eigenvalue weighted by atomic mass is 16.2. The molecule has 0 atom stereocenters. The van der Waals surface area contributed by atoms with Crippen molar-refractivity contribution in [3.8, 4) is 0 Å². The molecular weight excluding hydrogens is 234 g/mol. The van der Waals surface area contributed by atoms with Gasteiger partial charge in [-0.1, -0.05) is 57.4 Å². The molecule has 0 aliphatic rings. The molecule has 108 valence electrons. The van der Waals surface area contributed by atoms with Gasteiger partial charge in [0, 0.05) is 19.0 Å². The van der Waals surface area contributed by atoms with Crippen LogP contribution >= 0.6 is 0 Å². The number of hydrogen-bond donors (Lipinski definition) is 1. The van der Waals surface area contributed by atoms with E-state index in [4.69, 9.17) is 5.11 Å². The van der Waals surface area contributed by atoms with Gasteiger partial charge in [-0.3, -0.25) is 4.98 Å². The van der Waals surface area contributed by atoms with Crippen LogP contribution in [0.4, 0.5) is 0 Å². The van der Waals surface area contributed by atoms with Crippen LogP contribution in [0.3, 0.4) is 0 Å². The average molecular weight is 263 g/mol. The lowest BCUT2D eigenvalue weighted by Gasteiger charge is -2.03. The lowest BCUT2D eigenvalue weighted by atomic mass is 10.0. The summed E-state index contributed by atoms with van der Waals surface area (Å²) in [5.74, 6) is 0. The molecule has 0 saturated heterocycles. The van der Waals surface area contributed by atoms with Crippen LogP contribution in [0.5, 0.6) is 0 Å². The molecule has 0 aliphatic carbocycles.